The van der Waals surface area contributed by atoms with Gasteiger partial charge in [-0.05, 0) is 48.2 Å². The van der Waals surface area contributed by atoms with Crippen LogP contribution in [0.3, 0.4) is 0 Å². The molecule has 0 unspecified atom stereocenters. The second-order valence-corrected chi connectivity index (χ2v) is 11.3. The summed E-state index contributed by atoms with van der Waals surface area (Å²) in [6.45, 7) is 6.14. The molecule has 0 saturated heterocycles. The van der Waals surface area contributed by atoms with Crippen molar-refractivity contribution in [2.45, 2.75) is 39.5 Å². The summed E-state index contributed by atoms with van der Waals surface area (Å²) in [5.41, 5.74) is 1.74. The predicted octanol–water partition coefficient (Wildman–Crippen LogP) is 4.32. The van der Waals surface area contributed by atoms with E-state index in [2.05, 4.69) is 20.9 Å². The van der Waals surface area contributed by atoms with Crippen LogP contribution in [0.15, 0.2) is 58.8 Å². The summed E-state index contributed by atoms with van der Waals surface area (Å²) in [7, 11) is 3.09. The van der Waals surface area contributed by atoms with E-state index in [1.54, 1.807) is 21.6 Å². The van der Waals surface area contributed by atoms with Gasteiger partial charge in [0.2, 0.25) is 0 Å². The number of rotatable bonds is 19. The normalized spacial score (nSPS) is 11.7. The van der Waals surface area contributed by atoms with Crippen LogP contribution >= 0.6 is 21.6 Å². The van der Waals surface area contributed by atoms with Gasteiger partial charge in [-0.15, -0.1) is 0 Å². The number of amides is 2. The molecule has 0 atom stereocenters. The van der Waals surface area contributed by atoms with Crippen LogP contribution in [-0.2, 0) is 22.4 Å². The van der Waals surface area contributed by atoms with Crippen LogP contribution in [0.25, 0.3) is 0 Å². The zero-order valence-corrected chi connectivity index (χ0v) is 24.6. The first-order valence-electron chi connectivity index (χ1n) is 13.2. The molecule has 4 N–H and O–H groups in total. The van der Waals surface area contributed by atoms with Gasteiger partial charge >= 0.3 is 0 Å². The molecule has 2 amide bonds. The second kappa shape index (κ2) is 19.6. The van der Waals surface area contributed by atoms with Crippen molar-refractivity contribution >= 4 is 44.8 Å². The molecule has 0 heterocycles. The average Bonchev–Trinajstić information content (AvgIpc) is 2.98. The molecule has 0 bridgehead atoms. The summed E-state index contributed by atoms with van der Waals surface area (Å²) in [6, 6.07) is 14.7. The molecule has 12 heteroatoms. The smallest absolute Gasteiger partial charge is 0.269 e. The number of nitrogens with zero attached hydrogens (tertiary/aromatic N) is 2. The lowest BCUT2D eigenvalue weighted by Gasteiger charge is -2.09. The Kier molecular flexibility index (Phi) is 16.1. The van der Waals surface area contributed by atoms with Gasteiger partial charge in [0.25, 0.3) is 11.8 Å². The highest BCUT2D eigenvalue weighted by Crippen LogP contribution is 2.19. The van der Waals surface area contributed by atoms with Gasteiger partial charge < -0.3 is 30.5 Å². The van der Waals surface area contributed by atoms with Crippen LogP contribution in [0.4, 0.5) is 0 Å². The molecular formula is C28H38N4O6S2. The van der Waals surface area contributed by atoms with Gasteiger partial charge in [0.1, 0.15) is 22.9 Å². The van der Waals surface area contributed by atoms with E-state index in [4.69, 9.17) is 9.47 Å². The number of hydrogen-bond acceptors (Lipinski definition) is 10. The maximum absolute atomic E-state index is 12.4. The molecule has 40 heavy (non-hydrogen) atoms. The van der Waals surface area contributed by atoms with Crippen molar-refractivity contribution in [3.05, 3.63) is 59.7 Å². The molecular weight excluding hydrogens is 552 g/mol. The van der Waals surface area contributed by atoms with Gasteiger partial charge in [0.15, 0.2) is 0 Å². The fourth-order valence-electron chi connectivity index (χ4n) is 3.29. The number of carbonyl (C=O) groups is 2. The minimum Gasteiger partial charge on any atom is -0.494 e. The largest absolute Gasteiger partial charge is 0.494 e. The van der Waals surface area contributed by atoms with Crippen molar-refractivity contribution < 1.29 is 29.5 Å². The molecule has 2 rings (SSSR count). The number of nitrogens with one attached hydrogen (secondary N) is 2. The average molecular weight is 591 g/mol. The highest BCUT2D eigenvalue weighted by Gasteiger charge is 2.14. The highest BCUT2D eigenvalue weighted by atomic mass is 33.1. The Morgan fingerprint density at radius 3 is 1.40 bits per heavy atom. The standard InChI is InChI=1S/C28H38N4O6S2/c1-3-15-37-23-9-5-21(6-10-23)19-25(31-35)27(33)29-13-17-39-40-18-14-30-28(34)26(32-36)20-22-7-11-24(12-8-22)38-16-4-2/h5-12,35-36H,3-4,13-20H2,1-2H3,(H,29,33)(H,30,34). The first kappa shape index (κ1) is 32.8. The van der Waals surface area contributed by atoms with E-state index >= 15 is 0 Å². The third kappa shape index (κ3) is 12.6. The van der Waals surface area contributed by atoms with E-state index in [0.717, 1.165) is 35.5 Å². The van der Waals surface area contributed by atoms with Crippen LogP contribution in [0.5, 0.6) is 11.5 Å². The molecule has 0 aliphatic rings. The summed E-state index contributed by atoms with van der Waals surface area (Å²) in [5.74, 6) is 1.93. The zero-order chi connectivity index (χ0) is 29.0. The van der Waals surface area contributed by atoms with Gasteiger partial charge in [-0.3, -0.25) is 9.59 Å². The van der Waals surface area contributed by atoms with E-state index in [9.17, 15) is 20.0 Å². The Balaban J connectivity index is 1.59. The van der Waals surface area contributed by atoms with Crippen LogP contribution in [0, 0.1) is 0 Å². The summed E-state index contributed by atoms with van der Waals surface area (Å²) in [5, 5.41) is 30.4. The maximum atomic E-state index is 12.4. The van der Waals surface area contributed by atoms with Crippen molar-refractivity contribution in [1.29, 1.82) is 0 Å². The summed E-state index contributed by atoms with van der Waals surface area (Å²) < 4.78 is 11.1. The maximum Gasteiger partial charge on any atom is 0.269 e. The third-order valence-corrected chi connectivity index (χ3v) is 7.73. The van der Waals surface area contributed by atoms with Crippen molar-refractivity contribution in [2.24, 2.45) is 10.3 Å². The van der Waals surface area contributed by atoms with Crippen LogP contribution in [-0.4, -0.2) is 71.5 Å². The van der Waals surface area contributed by atoms with Crippen LogP contribution in [0.1, 0.15) is 37.8 Å². The molecule has 10 nitrogen and oxygen atoms in total. The molecule has 2 aromatic carbocycles. The van der Waals surface area contributed by atoms with Crippen LogP contribution in [0.2, 0.25) is 0 Å². The topological polar surface area (TPSA) is 142 Å². The minimum absolute atomic E-state index is 0.0321. The molecule has 218 valence electrons. The molecule has 0 aliphatic heterocycles. The Hall–Kier alpha value is -3.38. The van der Waals surface area contributed by atoms with Gasteiger partial charge in [0.05, 0.1) is 13.2 Å². The Bertz CT molecular complexity index is 1010. The minimum atomic E-state index is -0.425. The summed E-state index contributed by atoms with van der Waals surface area (Å²) in [6.07, 6.45) is 2.25. The molecule has 0 saturated carbocycles. The second-order valence-electron chi connectivity index (χ2n) is 8.59. The molecule has 0 aromatic heterocycles. The lowest BCUT2D eigenvalue weighted by atomic mass is 10.1. The Morgan fingerprint density at radius 2 is 1.07 bits per heavy atom. The van der Waals surface area contributed by atoms with Gasteiger partial charge in [0, 0.05) is 37.4 Å². The van der Waals surface area contributed by atoms with E-state index in [1.807, 2.05) is 62.4 Å². The number of ether oxygens (including phenoxy) is 2. The van der Waals surface area contributed by atoms with Crippen molar-refractivity contribution in [3.63, 3.8) is 0 Å². The van der Waals surface area contributed by atoms with E-state index < -0.39 is 11.8 Å². The Labute approximate surface area is 243 Å². The number of carbonyl (C=O) groups excluding carboxylic acids is 2. The van der Waals surface area contributed by atoms with E-state index in [1.165, 1.54) is 0 Å². The molecule has 0 spiro atoms. The van der Waals surface area contributed by atoms with Crippen LogP contribution < -0.4 is 20.1 Å². The fraction of sp³-hybridized carbons (Fsp3) is 0.429. The summed E-state index contributed by atoms with van der Waals surface area (Å²) >= 11 is 0. The van der Waals surface area contributed by atoms with Gasteiger partial charge in [-0.1, -0.05) is 70.0 Å². The summed E-state index contributed by atoms with van der Waals surface area (Å²) in [4.78, 5) is 24.7. The van der Waals surface area contributed by atoms with E-state index in [-0.39, 0.29) is 24.3 Å². The SMILES string of the molecule is CCCOc1ccc(CC(=NO)C(=O)NCCSSCCNC(=O)C(Cc2ccc(OCCC)cc2)=NO)cc1. The van der Waals surface area contributed by atoms with Gasteiger partial charge in [-0.2, -0.15) is 0 Å². The molecule has 0 fully saturated rings. The number of oxime groups is 2. The third-order valence-electron chi connectivity index (χ3n) is 5.33. The predicted molar refractivity (Wildman–Crippen MR) is 161 cm³/mol. The van der Waals surface area contributed by atoms with Crippen molar-refractivity contribution in [2.75, 3.05) is 37.8 Å². The zero-order valence-electron chi connectivity index (χ0n) is 22.9. The quantitative estimate of drug-likeness (QED) is 0.0623. The number of hydrogen-bond donors (Lipinski definition) is 4. The monoisotopic (exact) mass is 590 g/mol. The lowest BCUT2D eigenvalue weighted by Crippen LogP contribution is -2.34. The van der Waals surface area contributed by atoms with Crippen molar-refractivity contribution in [1.82, 2.24) is 10.6 Å². The first-order chi connectivity index (χ1) is 19.5. The molecule has 0 aliphatic carbocycles. The van der Waals surface area contributed by atoms with Crippen molar-refractivity contribution in [3.8, 4) is 11.5 Å². The van der Waals surface area contributed by atoms with Gasteiger partial charge in [-0.25, -0.2) is 0 Å². The Morgan fingerprint density at radius 1 is 0.700 bits per heavy atom. The first-order valence-corrected chi connectivity index (χ1v) is 15.7. The molecule has 0 radical (unpaired) electrons. The lowest BCUT2D eigenvalue weighted by molar-refractivity contribution is -0.115. The van der Waals surface area contributed by atoms with E-state index in [0.29, 0.717) is 37.8 Å². The highest BCUT2D eigenvalue weighted by molar-refractivity contribution is 8.76. The molecule has 2 aromatic rings. The number of benzene rings is 2. The fourth-order valence-corrected chi connectivity index (χ4v) is 5.10.